The molecule has 0 N–H and O–H groups in total. The van der Waals surface area contributed by atoms with Gasteiger partial charge in [0.2, 0.25) is 0 Å². The van der Waals surface area contributed by atoms with E-state index in [0.717, 1.165) is 25.7 Å². The molecule has 0 amide bonds. The van der Waals surface area contributed by atoms with Crippen molar-refractivity contribution < 1.29 is 14.3 Å². The van der Waals surface area contributed by atoms with Gasteiger partial charge in [-0.05, 0) is 25.7 Å². The third kappa shape index (κ3) is 3.79. The molecule has 1 rings (SSSR count). The van der Waals surface area contributed by atoms with Crippen LogP contribution >= 0.6 is 0 Å². The minimum atomic E-state index is -0.714. The summed E-state index contributed by atoms with van der Waals surface area (Å²) in [5.41, 5.74) is 0. The van der Waals surface area contributed by atoms with Gasteiger partial charge in [0.1, 0.15) is 12.2 Å². The number of nitriles is 1. The van der Waals surface area contributed by atoms with E-state index in [9.17, 15) is 4.79 Å². The van der Waals surface area contributed by atoms with E-state index in [1.54, 1.807) is 6.07 Å². The first kappa shape index (κ1) is 9.85. The quantitative estimate of drug-likeness (QED) is 0.614. The van der Waals surface area contributed by atoms with E-state index in [4.69, 9.17) is 10.00 Å². The van der Waals surface area contributed by atoms with Gasteiger partial charge in [-0.1, -0.05) is 6.42 Å². The highest BCUT2D eigenvalue weighted by Crippen LogP contribution is 2.20. The van der Waals surface area contributed by atoms with Crippen LogP contribution in [0.25, 0.3) is 0 Å². The lowest BCUT2D eigenvalue weighted by molar-refractivity contribution is 0.0173. The second-order valence-corrected chi connectivity index (χ2v) is 3.07. The molecule has 0 saturated heterocycles. The van der Waals surface area contributed by atoms with E-state index in [-0.39, 0.29) is 12.7 Å². The molecule has 0 radical (unpaired) electrons. The van der Waals surface area contributed by atoms with Crippen molar-refractivity contribution in [2.45, 2.75) is 38.2 Å². The number of carbonyl (C=O) groups is 1. The van der Waals surface area contributed by atoms with Gasteiger partial charge in [0.25, 0.3) is 0 Å². The summed E-state index contributed by atoms with van der Waals surface area (Å²) in [6, 6.07) is 1.71. The average Bonchev–Trinajstić information content (AvgIpc) is 2.16. The number of rotatable bonds is 2. The minimum Gasteiger partial charge on any atom is -0.431 e. The third-order valence-electron chi connectivity index (χ3n) is 2.07. The van der Waals surface area contributed by atoms with Crippen LogP contribution in [0.3, 0.4) is 0 Å². The molecule has 1 fully saturated rings. The zero-order valence-corrected chi connectivity index (χ0v) is 7.49. The Morgan fingerprint density at radius 1 is 1.38 bits per heavy atom. The van der Waals surface area contributed by atoms with Crippen molar-refractivity contribution in [1.29, 1.82) is 5.26 Å². The van der Waals surface area contributed by atoms with E-state index < -0.39 is 6.16 Å². The average molecular weight is 183 g/mol. The predicted molar refractivity (Wildman–Crippen MR) is 44.9 cm³/mol. The highest BCUT2D eigenvalue weighted by Gasteiger charge is 2.18. The lowest BCUT2D eigenvalue weighted by atomic mass is 9.98. The van der Waals surface area contributed by atoms with Crippen LogP contribution in [0.4, 0.5) is 4.79 Å². The Balaban J connectivity index is 2.15. The Labute approximate surface area is 77.4 Å². The summed E-state index contributed by atoms with van der Waals surface area (Å²) >= 11 is 0. The molecule has 0 aromatic carbocycles. The first-order valence-corrected chi connectivity index (χ1v) is 4.53. The van der Waals surface area contributed by atoms with Gasteiger partial charge in [-0.3, -0.25) is 0 Å². The normalized spacial score (nSPS) is 17.5. The van der Waals surface area contributed by atoms with Crippen LogP contribution in [0.1, 0.15) is 32.1 Å². The van der Waals surface area contributed by atoms with Crippen LogP contribution < -0.4 is 0 Å². The molecule has 4 heteroatoms. The third-order valence-corrected chi connectivity index (χ3v) is 2.07. The summed E-state index contributed by atoms with van der Waals surface area (Å²) in [5, 5.41) is 8.14. The molecule has 0 aromatic rings. The molecule has 0 aliphatic heterocycles. The van der Waals surface area contributed by atoms with Gasteiger partial charge in [-0.2, -0.15) is 5.26 Å². The fourth-order valence-electron chi connectivity index (χ4n) is 1.44. The van der Waals surface area contributed by atoms with Gasteiger partial charge in [0.05, 0.1) is 0 Å². The van der Waals surface area contributed by atoms with E-state index in [1.165, 1.54) is 6.42 Å². The van der Waals surface area contributed by atoms with Gasteiger partial charge >= 0.3 is 6.16 Å². The minimum absolute atomic E-state index is 0.0000529. The summed E-state index contributed by atoms with van der Waals surface area (Å²) in [7, 11) is 0. The lowest BCUT2D eigenvalue weighted by Crippen LogP contribution is -2.21. The van der Waals surface area contributed by atoms with Crippen molar-refractivity contribution in [3.63, 3.8) is 0 Å². The van der Waals surface area contributed by atoms with Crippen molar-refractivity contribution in [1.82, 2.24) is 0 Å². The zero-order valence-electron chi connectivity index (χ0n) is 7.49. The highest BCUT2D eigenvalue weighted by atomic mass is 16.7. The summed E-state index contributed by atoms with van der Waals surface area (Å²) < 4.78 is 9.45. The first-order valence-electron chi connectivity index (χ1n) is 4.53. The van der Waals surface area contributed by atoms with Crippen molar-refractivity contribution >= 4 is 6.16 Å². The van der Waals surface area contributed by atoms with Crippen LogP contribution in [0.5, 0.6) is 0 Å². The molecule has 0 bridgehead atoms. The Morgan fingerprint density at radius 3 is 2.69 bits per heavy atom. The summed E-state index contributed by atoms with van der Waals surface area (Å²) in [6.45, 7) is -0.231. The number of nitrogens with zero attached hydrogens (tertiary/aromatic N) is 1. The lowest BCUT2D eigenvalue weighted by Gasteiger charge is -2.20. The SMILES string of the molecule is N#CCOC(=O)OC1CCCCC1. The second kappa shape index (κ2) is 5.41. The standard InChI is InChI=1S/C9H13NO3/c10-6-7-12-9(11)13-8-4-2-1-3-5-8/h8H,1-5,7H2. The van der Waals surface area contributed by atoms with Crippen molar-refractivity contribution in [3.8, 4) is 6.07 Å². The molecular formula is C9H13NO3. The Bertz CT molecular complexity index is 203. The zero-order chi connectivity index (χ0) is 9.52. The molecule has 4 nitrogen and oxygen atoms in total. The van der Waals surface area contributed by atoms with E-state index in [2.05, 4.69) is 4.74 Å². The summed E-state index contributed by atoms with van der Waals surface area (Å²) in [4.78, 5) is 10.9. The molecule has 1 saturated carbocycles. The topological polar surface area (TPSA) is 59.3 Å². The van der Waals surface area contributed by atoms with Crippen molar-refractivity contribution in [3.05, 3.63) is 0 Å². The smallest absolute Gasteiger partial charge is 0.431 e. The molecule has 0 spiro atoms. The predicted octanol–water partition coefficient (Wildman–Crippen LogP) is 2.00. The molecule has 13 heavy (non-hydrogen) atoms. The van der Waals surface area contributed by atoms with Crippen LogP contribution in [-0.2, 0) is 9.47 Å². The molecule has 72 valence electrons. The van der Waals surface area contributed by atoms with E-state index in [0.29, 0.717) is 0 Å². The molecule has 0 atom stereocenters. The molecule has 0 unspecified atom stereocenters. The Kier molecular flexibility index (Phi) is 4.10. The Morgan fingerprint density at radius 2 is 2.08 bits per heavy atom. The van der Waals surface area contributed by atoms with Gasteiger partial charge in [0, 0.05) is 0 Å². The maximum atomic E-state index is 10.9. The molecule has 1 aliphatic rings. The second-order valence-electron chi connectivity index (χ2n) is 3.07. The number of ether oxygens (including phenoxy) is 2. The summed E-state index contributed by atoms with van der Waals surface area (Å²) in [6.07, 6.45) is 4.55. The number of hydrogen-bond donors (Lipinski definition) is 0. The van der Waals surface area contributed by atoms with Gasteiger partial charge in [-0.15, -0.1) is 0 Å². The van der Waals surface area contributed by atoms with Crippen LogP contribution in [0.15, 0.2) is 0 Å². The van der Waals surface area contributed by atoms with Crippen LogP contribution in [-0.4, -0.2) is 18.9 Å². The van der Waals surface area contributed by atoms with Gasteiger partial charge < -0.3 is 9.47 Å². The van der Waals surface area contributed by atoms with E-state index in [1.807, 2.05) is 0 Å². The van der Waals surface area contributed by atoms with Crippen molar-refractivity contribution in [2.75, 3.05) is 6.61 Å². The monoisotopic (exact) mass is 183 g/mol. The fraction of sp³-hybridized carbons (Fsp3) is 0.778. The Hall–Kier alpha value is -1.24. The highest BCUT2D eigenvalue weighted by molar-refractivity contribution is 5.60. The first-order chi connectivity index (χ1) is 6.33. The maximum absolute atomic E-state index is 10.9. The number of hydrogen-bond acceptors (Lipinski definition) is 4. The largest absolute Gasteiger partial charge is 0.509 e. The van der Waals surface area contributed by atoms with Crippen LogP contribution in [0, 0.1) is 11.3 Å². The molecule has 0 heterocycles. The van der Waals surface area contributed by atoms with Crippen molar-refractivity contribution in [2.24, 2.45) is 0 Å². The molecular weight excluding hydrogens is 170 g/mol. The van der Waals surface area contributed by atoms with Gasteiger partial charge in [-0.25, -0.2) is 4.79 Å². The molecule has 1 aliphatic carbocycles. The maximum Gasteiger partial charge on any atom is 0.509 e. The van der Waals surface area contributed by atoms with E-state index >= 15 is 0 Å². The molecule has 0 aromatic heterocycles. The number of carbonyl (C=O) groups excluding carboxylic acids is 1. The fourth-order valence-corrected chi connectivity index (χ4v) is 1.44. The summed E-state index contributed by atoms with van der Waals surface area (Å²) in [5.74, 6) is 0. The van der Waals surface area contributed by atoms with Crippen LogP contribution in [0.2, 0.25) is 0 Å². The van der Waals surface area contributed by atoms with Gasteiger partial charge in [0.15, 0.2) is 6.61 Å².